The maximum atomic E-state index is 12.7. The number of fused-ring (bicyclic) bond motifs is 1. The Bertz CT molecular complexity index is 927. The van der Waals surface area contributed by atoms with Gasteiger partial charge < -0.3 is 4.90 Å². The lowest BCUT2D eigenvalue weighted by Gasteiger charge is -2.19. The largest absolute Gasteiger partial charge is 0.340 e. The molecule has 0 saturated carbocycles. The Morgan fingerprint density at radius 1 is 1.22 bits per heavy atom. The second-order valence-electron chi connectivity index (χ2n) is 7.00. The molecule has 27 heavy (non-hydrogen) atoms. The SMILES string of the molecule is CN(Cc1cccc2cnccc12)C(=O)Cn1nnnc1CN1CCCC1. The highest BCUT2D eigenvalue weighted by molar-refractivity contribution is 5.85. The van der Waals surface area contributed by atoms with E-state index >= 15 is 0 Å². The van der Waals surface area contributed by atoms with Crippen molar-refractivity contribution in [2.24, 2.45) is 0 Å². The van der Waals surface area contributed by atoms with Crippen molar-refractivity contribution in [2.45, 2.75) is 32.5 Å². The van der Waals surface area contributed by atoms with Gasteiger partial charge in [0, 0.05) is 31.4 Å². The van der Waals surface area contributed by atoms with Crippen molar-refractivity contribution in [2.75, 3.05) is 20.1 Å². The van der Waals surface area contributed by atoms with Crippen molar-refractivity contribution in [3.63, 3.8) is 0 Å². The molecule has 1 aromatic carbocycles. The van der Waals surface area contributed by atoms with Crippen LogP contribution in [0.2, 0.25) is 0 Å². The van der Waals surface area contributed by atoms with Crippen LogP contribution in [0.3, 0.4) is 0 Å². The number of hydrogen-bond donors (Lipinski definition) is 0. The highest BCUT2D eigenvalue weighted by Crippen LogP contribution is 2.19. The summed E-state index contributed by atoms with van der Waals surface area (Å²) in [6.45, 7) is 3.51. The van der Waals surface area contributed by atoms with Crippen LogP contribution < -0.4 is 0 Å². The minimum atomic E-state index is -0.0176. The molecule has 0 unspecified atom stereocenters. The summed E-state index contributed by atoms with van der Waals surface area (Å²) >= 11 is 0. The number of pyridine rings is 1. The molecule has 4 rings (SSSR count). The quantitative estimate of drug-likeness (QED) is 0.658. The van der Waals surface area contributed by atoms with E-state index in [0.717, 1.165) is 35.2 Å². The van der Waals surface area contributed by atoms with Gasteiger partial charge in [-0.1, -0.05) is 18.2 Å². The van der Waals surface area contributed by atoms with Gasteiger partial charge >= 0.3 is 0 Å². The summed E-state index contributed by atoms with van der Waals surface area (Å²) in [5.41, 5.74) is 1.10. The monoisotopic (exact) mass is 365 g/mol. The Morgan fingerprint density at radius 2 is 2.07 bits per heavy atom. The van der Waals surface area contributed by atoms with E-state index in [0.29, 0.717) is 13.1 Å². The molecule has 1 aliphatic rings. The Balaban J connectivity index is 1.43. The normalized spacial score (nSPS) is 14.7. The lowest BCUT2D eigenvalue weighted by atomic mass is 10.1. The van der Waals surface area contributed by atoms with E-state index in [-0.39, 0.29) is 12.5 Å². The van der Waals surface area contributed by atoms with Crippen LogP contribution in [-0.4, -0.2) is 61.0 Å². The molecule has 1 amide bonds. The number of amides is 1. The minimum Gasteiger partial charge on any atom is -0.340 e. The van der Waals surface area contributed by atoms with E-state index in [1.165, 1.54) is 12.8 Å². The lowest BCUT2D eigenvalue weighted by Crippen LogP contribution is -2.31. The number of carbonyl (C=O) groups is 1. The lowest BCUT2D eigenvalue weighted by molar-refractivity contribution is -0.131. The average Bonchev–Trinajstić information content (AvgIpc) is 3.35. The van der Waals surface area contributed by atoms with Crippen LogP contribution >= 0.6 is 0 Å². The van der Waals surface area contributed by atoms with E-state index in [1.54, 1.807) is 15.8 Å². The number of likely N-dealkylation sites (N-methyl/N-ethyl adjacent to an activating group) is 1. The van der Waals surface area contributed by atoms with Crippen LogP contribution in [-0.2, 0) is 24.4 Å². The molecular formula is C19H23N7O. The number of likely N-dealkylation sites (tertiary alicyclic amines) is 1. The van der Waals surface area contributed by atoms with Gasteiger partial charge in [0.1, 0.15) is 6.54 Å². The van der Waals surface area contributed by atoms with Crippen LogP contribution in [0.1, 0.15) is 24.2 Å². The fourth-order valence-electron chi connectivity index (χ4n) is 3.52. The summed E-state index contributed by atoms with van der Waals surface area (Å²) in [5, 5.41) is 14.1. The van der Waals surface area contributed by atoms with Crippen LogP contribution in [0, 0.1) is 0 Å². The third-order valence-electron chi connectivity index (χ3n) is 5.06. The Hall–Kier alpha value is -2.87. The highest BCUT2D eigenvalue weighted by atomic mass is 16.2. The average molecular weight is 365 g/mol. The maximum absolute atomic E-state index is 12.7. The molecule has 3 aromatic rings. The zero-order valence-corrected chi connectivity index (χ0v) is 15.5. The van der Waals surface area contributed by atoms with E-state index in [9.17, 15) is 4.79 Å². The maximum Gasteiger partial charge on any atom is 0.244 e. The van der Waals surface area contributed by atoms with Gasteiger partial charge in [-0.15, -0.1) is 5.10 Å². The molecule has 0 bridgehead atoms. The summed E-state index contributed by atoms with van der Waals surface area (Å²) in [6.07, 6.45) is 6.04. The summed E-state index contributed by atoms with van der Waals surface area (Å²) < 4.78 is 1.62. The van der Waals surface area contributed by atoms with Gasteiger partial charge in [0.25, 0.3) is 0 Å². The van der Waals surface area contributed by atoms with Gasteiger partial charge in [-0.2, -0.15) is 0 Å². The smallest absolute Gasteiger partial charge is 0.244 e. The number of nitrogens with zero attached hydrogens (tertiary/aromatic N) is 7. The number of benzene rings is 1. The van der Waals surface area contributed by atoms with Gasteiger partial charge in [-0.05, 0) is 53.4 Å². The third-order valence-corrected chi connectivity index (χ3v) is 5.06. The van der Waals surface area contributed by atoms with Crippen LogP contribution in [0.5, 0.6) is 0 Å². The molecule has 0 spiro atoms. The molecular weight excluding hydrogens is 342 g/mol. The van der Waals surface area contributed by atoms with Crippen molar-refractivity contribution in [3.05, 3.63) is 48.0 Å². The summed E-state index contributed by atoms with van der Waals surface area (Å²) in [5.74, 6) is 0.728. The van der Waals surface area contributed by atoms with Gasteiger partial charge in [0.2, 0.25) is 5.91 Å². The van der Waals surface area contributed by atoms with Crippen LogP contribution in [0.15, 0.2) is 36.7 Å². The molecule has 0 atom stereocenters. The molecule has 3 heterocycles. The predicted octanol–water partition coefficient (Wildman–Crippen LogP) is 1.48. The Morgan fingerprint density at radius 3 is 2.93 bits per heavy atom. The summed E-state index contributed by atoms with van der Waals surface area (Å²) in [7, 11) is 1.81. The molecule has 140 valence electrons. The first-order valence-electron chi connectivity index (χ1n) is 9.24. The molecule has 1 aliphatic heterocycles. The standard InChI is InChI=1S/C19H23N7O/c1-24(12-16-6-4-5-15-11-20-8-7-17(15)16)19(27)14-26-18(21-22-23-26)13-25-9-2-3-10-25/h4-8,11H,2-3,9-10,12-14H2,1H3. The number of hydrogen-bond acceptors (Lipinski definition) is 6. The first-order valence-corrected chi connectivity index (χ1v) is 9.24. The Kier molecular flexibility index (Phi) is 5.06. The van der Waals surface area contributed by atoms with Crippen molar-refractivity contribution >= 4 is 16.7 Å². The highest BCUT2D eigenvalue weighted by Gasteiger charge is 2.19. The van der Waals surface area contributed by atoms with Crippen molar-refractivity contribution in [1.29, 1.82) is 0 Å². The second-order valence-corrected chi connectivity index (χ2v) is 7.00. The molecule has 8 heteroatoms. The first kappa shape index (κ1) is 17.5. The molecule has 1 fully saturated rings. The molecule has 0 radical (unpaired) electrons. The van der Waals surface area contributed by atoms with E-state index in [1.807, 2.05) is 37.5 Å². The molecule has 2 aromatic heterocycles. The van der Waals surface area contributed by atoms with E-state index < -0.39 is 0 Å². The van der Waals surface area contributed by atoms with Crippen molar-refractivity contribution in [3.8, 4) is 0 Å². The number of rotatable bonds is 6. The minimum absolute atomic E-state index is 0.0176. The zero-order valence-electron chi connectivity index (χ0n) is 15.5. The predicted molar refractivity (Wildman–Crippen MR) is 101 cm³/mol. The van der Waals surface area contributed by atoms with Gasteiger partial charge in [-0.3, -0.25) is 14.7 Å². The number of aromatic nitrogens is 5. The molecule has 0 N–H and O–H groups in total. The molecule has 1 saturated heterocycles. The fraction of sp³-hybridized carbons (Fsp3) is 0.421. The van der Waals surface area contributed by atoms with Gasteiger partial charge in [0.15, 0.2) is 5.82 Å². The Labute approximate surface area is 157 Å². The fourth-order valence-corrected chi connectivity index (χ4v) is 3.52. The van der Waals surface area contributed by atoms with Gasteiger partial charge in [-0.25, -0.2) is 4.68 Å². The molecule has 8 nitrogen and oxygen atoms in total. The summed E-state index contributed by atoms with van der Waals surface area (Å²) in [4.78, 5) is 20.9. The third kappa shape index (κ3) is 3.95. The topological polar surface area (TPSA) is 80.0 Å². The van der Waals surface area contributed by atoms with Crippen LogP contribution in [0.25, 0.3) is 10.8 Å². The number of tetrazole rings is 1. The van der Waals surface area contributed by atoms with Gasteiger partial charge in [0.05, 0.1) is 6.54 Å². The van der Waals surface area contributed by atoms with Crippen molar-refractivity contribution in [1.82, 2.24) is 35.0 Å². The zero-order chi connectivity index (χ0) is 18.6. The number of carbonyl (C=O) groups excluding carboxylic acids is 1. The van der Waals surface area contributed by atoms with Crippen LogP contribution in [0.4, 0.5) is 0 Å². The summed E-state index contributed by atoms with van der Waals surface area (Å²) in [6, 6.07) is 8.05. The van der Waals surface area contributed by atoms with Crippen molar-refractivity contribution < 1.29 is 4.79 Å². The van der Waals surface area contributed by atoms with E-state index in [4.69, 9.17) is 0 Å². The second kappa shape index (κ2) is 7.79. The van der Waals surface area contributed by atoms with E-state index in [2.05, 4.69) is 25.4 Å². The molecule has 0 aliphatic carbocycles. The first-order chi connectivity index (χ1) is 13.2.